The first-order valence-electron chi connectivity index (χ1n) is 6.64. The van der Waals surface area contributed by atoms with E-state index < -0.39 is 5.97 Å². The zero-order valence-corrected chi connectivity index (χ0v) is 11.6. The molecule has 0 aromatic carbocycles. The lowest BCUT2D eigenvalue weighted by Crippen LogP contribution is -2.43. The summed E-state index contributed by atoms with van der Waals surface area (Å²) in [5, 5.41) is 8.85. The summed E-state index contributed by atoms with van der Waals surface area (Å²) in [6, 6.07) is 0. The van der Waals surface area contributed by atoms with Crippen LogP contribution in [-0.2, 0) is 14.3 Å². The van der Waals surface area contributed by atoms with Crippen molar-refractivity contribution in [2.75, 3.05) is 6.61 Å². The van der Waals surface area contributed by atoms with E-state index in [-0.39, 0.29) is 30.3 Å². The Bertz CT molecular complexity index is 473. The van der Waals surface area contributed by atoms with Gasteiger partial charge in [-0.25, -0.2) is 4.79 Å². The number of Topliss-reactive ketones (excluding diaryl/α,β-unsaturated/α-hetero) is 1. The summed E-state index contributed by atoms with van der Waals surface area (Å²) < 4.78 is 5.62. The molecular formula is C15H20O4. The van der Waals surface area contributed by atoms with Gasteiger partial charge >= 0.3 is 5.97 Å². The molecule has 4 nitrogen and oxygen atoms in total. The van der Waals surface area contributed by atoms with Crippen molar-refractivity contribution in [3.8, 4) is 0 Å². The van der Waals surface area contributed by atoms with E-state index >= 15 is 0 Å². The molecule has 0 spiro atoms. The van der Waals surface area contributed by atoms with Gasteiger partial charge in [0.15, 0.2) is 5.78 Å². The number of fused-ring (bicyclic) bond motifs is 1. The Balaban J connectivity index is 2.27. The predicted molar refractivity (Wildman–Crippen MR) is 70.7 cm³/mol. The number of ketones is 1. The van der Waals surface area contributed by atoms with Crippen molar-refractivity contribution < 1.29 is 19.4 Å². The van der Waals surface area contributed by atoms with Crippen LogP contribution < -0.4 is 0 Å². The zero-order chi connectivity index (χ0) is 14.2. The molecule has 1 N–H and O–H groups in total. The third kappa shape index (κ3) is 2.78. The third-order valence-corrected chi connectivity index (χ3v) is 4.35. The molecule has 4 heteroatoms. The van der Waals surface area contributed by atoms with Crippen LogP contribution in [0.25, 0.3) is 0 Å². The number of hydrogen-bond acceptors (Lipinski definition) is 3. The van der Waals surface area contributed by atoms with Crippen LogP contribution in [-0.4, -0.2) is 29.6 Å². The monoisotopic (exact) mass is 264 g/mol. The van der Waals surface area contributed by atoms with Crippen molar-refractivity contribution in [3.05, 3.63) is 22.8 Å². The fourth-order valence-electron chi connectivity index (χ4n) is 3.13. The largest absolute Gasteiger partial charge is 0.478 e. The van der Waals surface area contributed by atoms with Gasteiger partial charge in [0.2, 0.25) is 0 Å². The van der Waals surface area contributed by atoms with Gasteiger partial charge in [0.25, 0.3) is 0 Å². The zero-order valence-electron chi connectivity index (χ0n) is 11.6. The van der Waals surface area contributed by atoms with E-state index in [0.29, 0.717) is 0 Å². The van der Waals surface area contributed by atoms with E-state index in [0.717, 1.165) is 24.0 Å². The normalized spacial score (nSPS) is 32.3. The molecule has 1 fully saturated rings. The van der Waals surface area contributed by atoms with Gasteiger partial charge in [0.1, 0.15) is 6.61 Å². The molecule has 0 aromatic heterocycles. The van der Waals surface area contributed by atoms with E-state index in [2.05, 4.69) is 0 Å². The standard InChI is InChI=1S/C15H20O4/c1-8-4-14-12(10(3)13(16)7-19-14)6-11(8)9(2)5-15(17)18/h5,10,12,14H,4,6-7H2,1-3H3,(H,17,18)/b9-5+. The van der Waals surface area contributed by atoms with Gasteiger partial charge in [-0.05, 0) is 43.8 Å². The minimum absolute atomic E-state index is 0.000483. The molecule has 0 aromatic rings. The molecule has 0 amide bonds. The second-order valence-electron chi connectivity index (χ2n) is 5.60. The summed E-state index contributed by atoms with van der Waals surface area (Å²) >= 11 is 0. The second-order valence-corrected chi connectivity index (χ2v) is 5.60. The Kier molecular flexibility index (Phi) is 3.90. The maximum Gasteiger partial charge on any atom is 0.328 e. The van der Waals surface area contributed by atoms with Crippen LogP contribution >= 0.6 is 0 Å². The highest BCUT2D eigenvalue weighted by Gasteiger charge is 2.39. The molecule has 104 valence electrons. The maximum absolute atomic E-state index is 11.7. The van der Waals surface area contributed by atoms with Crippen LogP contribution in [0, 0.1) is 11.8 Å². The molecule has 19 heavy (non-hydrogen) atoms. The molecular weight excluding hydrogens is 244 g/mol. The Labute approximate surface area is 113 Å². The number of hydrogen-bond donors (Lipinski definition) is 1. The van der Waals surface area contributed by atoms with Crippen LogP contribution in [0.4, 0.5) is 0 Å². The number of carbonyl (C=O) groups excluding carboxylic acids is 1. The number of carbonyl (C=O) groups is 2. The molecule has 2 aliphatic rings. The highest BCUT2D eigenvalue weighted by molar-refractivity contribution is 5.83. The van der Waals surface area contributed by atoms with Crippen molar-refractivity contribution in [2.24, 2.45) is 11.8 Å². The number of aliphatic carboxylic acids is 1. The van der Waals surface area contributed by atoms with E-state index in [9.17, 15) is 9.59 Å². The van der Waals surface area contributed by atoms with Crippen LogP contribution in [0.1, 0.15) is 33.6 Å². The molecule has 3 unspecified atom stereocenters. The van der Waals surface area contributed by atoms with E-state index in [1.807, 2.05) is 20.8 Å². The first-order valence-corrected chi connectivity index (χ1v) is 6.64. The highest BCUT2D eigenvalue weighted by atomic mass is 16.5. The van der Waals surface area contributed by atoms with Crippen LogP contribution in [0.5, 0.6) is 0 Å². The van der Waals surface area contributed by atoms with Crippen molar-refractivity contribution in [2.45, 2.75) is 39.7 Å². The number of carboxylic acid groups (broad SMARTS) is 1. The SMILES string of the molecule is CC1=C(/C(C)=C/C(=O)O)CC2C(C1)OCC(=O)C2C. The fourth-order valence-corrected chi connectivity index (χ4v) is 3.13. The summed E-state index contributed by atoms with van der Waals surface area (Å²) in [5.74, 6) is -0.597. The van der Waals surface area contributed by atoms with Crippen molar-refractivity contribution in [1.82, 2.24) is 0 Å². The summed E-state index contributed by atoms with van der Waals surface area (Å²) in [6.45, 7) is 6.02. The summed E-state index contributed by atoms with van der Waals surface area (Å²) in [6.07, 6.45) is 2.88. The van der Waals surface area contributed by atoms with Crippen LogP contribution in [0.3, 0.4) is 0 Å². The molecule has 3 atom stereocenters. The maximum atomic E-state index is 11.7. The minimum atomic E-state index is -0.927. The van der Waals surface area contributed by atoms with Gasteiger partial charge in [0.05, 0.1) is 6.10 Å². The van der Waals surface area contributed by atoms with Crippen LogP contribution in [0.2, 0.25) is 0 Å². The van der Waals surface area contributed by atoms with Crippen molar-refractivity contribution in [1.29, 1.82) is 0 Å². The lowest BCUT2D eigenvalue weighted by Gasteiger charge is -2.40. The average Bonchev–Trinajstić information content (AvgIpc) is 2.32. The fraction of sp³-hybridized carbons (Fsp3) is 0.600. The quantitative estimate of drug-likeness (QED) is 0.778. The first kappa shape index (κ1) is 14.0. The molecule has 1 saturated heterocycles. The van der Waals surface area contributed by atoms with Crippen molar-refractivity contribution in [3.63, 3.8) is 0 Å². The highest BCUT2D eigenvalue weighted by Crippen LogP contribution is 2.40. The summed E-state index contributed by atoms with van der Waals surface area (Å²) in [4.78, 5) is 22.5. The van der Waals surface area contributed by atoms with E-state index in [1.54, 1.807) is 0 Å². The minimum Gasteiger partial charge on any atom is -0.478 e. The predicted octanol–water partition coefficient (Wildman–Crippen LogP) is 2.35. The molecule has 1 heterocycles. The lowest BCUT2D eigenvalue weighted by atomic mass is 9.72. The Morgan fingerprint density at radius 2 is 2.11 bits per heavy atom. The topological polar surface area (TPSA) is 63.6 Å². The first-order chi connectivity index (χ1) is 8.90. The molecule has 0 saturated carbocycles. The summed E-state index contributed by atoms with van der Waals surface area (Å²) in [7, 11) is 0. The molecule has 1 aliphatic carbocycles. The smallest absolute Gasteiger partial charge is 0.328 e. The second kappa shape index (κ2) is 5.29. The van der Waals surface area contributed by atoms with Gasteiger partial charge in [0, 0.05) is 12.0 Å². The Morgan fingerprint density at radius 3 is 2.74 bits per heavy atom. The number of carboxylic acids is 1. The molecule has 0 bridgehead atoms. The summed E-state index contributed by atoms with van der Waals surface area (Å²) in [5.41, 5.74) is 3.04. The third-order valence-electron chi connectivity index (χ3n) is 4.35. The van der Waals surface area contributed by atoms with Crippen molar-refractivity contribution >= 4 is 11.8 Å². The van der Waals surface area contributed by atoms with Gasteiger partial charge in [-0.2, -0.15) is 0 Å². The van der Waals surface area contributed by atoms with Gasteiger partial charge in [-0.3, -0.25) is 4.79 Å². The Hall–Kier alpha value is -1.42. The van der Waals surface area contributed by atoms with Crippen LogP contribution in [0.15, 0.2) is 22.8 Å². The number of allylic oxidation sites excluding steroid dienone is 2. The number of ether oxygens (including phenoxy) is 1. The molecule has 1 aliphatic heterocycles. The van der Waals surface area contributed by atoms with E-state index in [4.69, 9.17) is 9.84 Å². The van der Waals surface area contributed by atoms with E-state index in [1.165, 1.54) is 11.6 Å². The van der Waals surface area contributed by atoms with Gasteiger partial charge < -0.3 is 9.84 Å². The Morgan fingerprint density at radius 1 is 1.42 bits per heavy atom. The molecule has 2 rings (SSSR count). The molecule has 0 radical (unpaired) electrons. The number of rotatable bonds is 2. The lowest BCUT2D eigenvalue weighted by molar-refractivity contribution is -0.144. The van der Waals surface area contributed by atoms with Gasteiger partial charge in [-0.15, -0.1) is 0 Å². The average molecular weight is 264 g/mol. The van der Waals surface area contributed by atoms with Gasteiger partial charge in [-0.1, -0.05) is 12.5 Å².